The maximum atomic E-state index is 8.13. The first kappa shape index (κ1) is 8.96. The molecule has 56 valence electrons. The first-order valence-corrected chi connectivity index (χ1v) is 3.40. The molecule has 0 saturated carbocycles. The molecule has 0 unspecified atom stereocenters. The van der Waals surface area contributed by atoms with Gasteiger partial charge in [0.15, 0.2) is 0 Å². The Hall–Kier alpha value is -1.04. The molecule has 0 saturated heterocycles. The van der Waals surface area contributed by atoms with Crippen LogP contribution in [-0.4, -0.2) is 12.8 Å². The molecule has 0 bridgehead atoms. The Bertz CT molecular complexity index is 132. The number of nitrogens with one attached hydrogen (secondary N) is 1. The molecular formula is C7H13N3. The molecule has 0 aromatic carbocycles. The van der Waals surface area contributed by atoms with E-state index >= 15 is 0 Å². The van der Waals surface area contributed by atoms with Gasteiger partial charge in [0.25, 0.3) is 0 Å². The molecule has 0 amide bonds. The number of nitriles is 1. The zero-order valence-corrected chi connectivity index (χ0v) is 6.46. The molecule has 0 aromatic heterocycles. The van der Waals surface area contributed by atoms with Gasteiger partial charge in [0.1, 0.15) is 0 Å². The summed E-state index contributed by atoms with van der Waals surface area (Å²) < 4.78 is 0. The van der Waals surface area contributed by atoms with Gasteiger partial charge in [0, 0.05) is 12.8 Å². The fourth-order valence-electron chi connectivity index (χ4n) is 0.378. The van der Waals surface area contributed by atoms with Crippen molar-refractivity contribution < 1.29 is 0 Å². The van der Waals surface area contributed by atoms with Crippen LogP contribution < -0.4 is 5.43 Å². The molecule has 0 radical (unpaired) electrons. The van der Waals surface area contributed by atoms with Crippen LogP contribution in [0.3, 0.4) is 0 Å². The number of hydrazone groups is 1. The average Bonchev–Trinajstić information content (AvgIpc) is 1.87. The summed E-state index contributed by atoms with van der Waals surface area (Å²) in [6.45, 7) is 4.74. The minimum Gasteiger partial charge on any atom is -0.309 e. The Kier molecular flexibility index (Phi) is 5.45. The summed E-state index contributed by atoms with van der Waals surface area (Å²) in [5.41, 5.74) is 2.76. The van der Waals surface area contributed by atoms with Gasteiger partial charge in [-0.1, -0.05) is 13.8 Å². The lowest BCUT2D eigenvalue weighted by Gasteiger charge is -1.94. The summed E-state index contributed by atoms with van der Waals surface area (Å²) in [5, 5.41) is 12.0. The molecule has 0 aliphatic rings. The zero-order chi connectivity index (χ0) is 7.82. The maximum Gasteiger partial charge on any atom is 0.0640 e. The Morgan fingerprint density at radius 3 is 2.90 bits per heavy atom. The van der Waals surface area contributed by atoms with Crippen molar-refractivity contribution in [3.63, 3.8) is 0 Å². The second-order valence-corrected chi connectivity index (χ2v) is 2.34. The summed E-state index contributed by atoms with van der Waals surface area (Å²) in [4.78, 5) is 0. The number of hydrogen-bond acceptors (Lipinski definition) is 3. The molecule has 0 aliphatic carbocycles. The normalized spacial score (nSPS) is 10.2. The molecule has 0 rings (SSSR count). The smallest absolute Gasteiger partial charge is 0.0640 e. The third kappa shape index (κ3) is 6.96. The molecule has 0 atom stereocenters. The number of rotatable bonds is 4. The first-order valence-electron chi connectivity index (χ1n) is 3.40. The molecule has 0 fully saturated rings. The summed E-state index contributed by atoms with van der Waals surface area (Å²) in [5.74, 6) is 0.467. The van der Waals surface area contributed by atoms with Crippen molar-refractivity contribution in [2.24, 2.45) is 11.0 Å². The Morgan fingerprint density at radius 2 is 2.40 bits per heavy atom. The van der Waals surface area contributed by atoms with Gasteiger partial charge in [0.2, 0.25) is 0 Å². The highest BCUT2D eigenvalue weighted by molar-refractivity contribution is 5.58. The van der Waals surface area contributed by atoms with Gasteiger partial charge in [0.05, 0.1) is 12.5 Å². The standard InChI is InChI=1S/C7H13N3/c1-7(2)6-10-9-5-3-4-8/h6-7,9H,3,5H2,1-2H3/b10-6+. The van der Waals surface area contributed by atoms with Gasteiger partial charge in [-0.15, -0.1) is 0 Å². The molecule has 0 spiro atoms. The monoisotopic (exact) mass is 139 g/mol. The molecule has 0 heterocycles. The van der Waals surface area contributed by atoms with Gasteiger partial charge in [-0.2, -0.15) is 10.4 Å². The van der Waals surface area contributed by atoms with Crippen LogP contribution in [-0.2, 0) is 0 Å². The van der Waals surface area contributed by atoms with E-state index in [1.54, 1.807) is 0 Å². The van der Waals surface area contributed by atoms with E-state index < -0.39 is 0 Å². The van der Waals surface area contributed by atoms with E-state index in [0.29, 0.717) is 18.9 Å². The second kappa shape index (κ2) is 6.09. The van der Waals surface area contributed by atoms with Crippen LogP contribution in [0.25, 0.3) is 0 Å². The van der Waals surface area contributed by atoms with Gasteiger partial charge in [-0.25, -0.2) is 0 Å². The van der Waals surface area contributed by atoms with Crippen molar-refractivity contribution in [3.05, 3.63) is 0 Å². The zero-order valence-electron chi connectivity index (χ0n) is 6.46. The number of nitrogens with zero attached hydrogens (tertiary/aromatic N) is 2. The average molecular weight is 139 g/mol. The van der Waals surface area contributed by atoms with E-state index in [1.165, 1.54) is 0 Å². The van der Waals surface area contributed by atoms with Crippen LogP contribution in [0.4, 0.5) is 0 Å². The third-order valence-electron chi connectivity index (χ3n) is 0.813. The molecule has 3 nitrogen and oxygen atoms in total. The highest BCUT2D eigenvalue weighted by Crippen LogP contribution is 1.82. The first-order chi connectivity index (χ1) is 4.77. The highest BCUT2D eigenvalue weighted by Gasteiger charge is 1.83. The van der Waals surface area contributed by atoms with Crippen LogP contribution in [0.2, 0.25) is 0 Å². The second-order valence-electron chi connectivity index (χ2n) is 2.34. The SMILES string of the molecule is CC(C)/C=N/NCCC#N. The Labute approximate surface area is 61.7 Å². The molecule has 0 aromatic rings. The van der Waals surface area contributed by atoms with E-state index in [2.05, 4.69) is 24.4 Å². The summed E-state index contributed by atoms with van der Waals surface area (Å²) in [6, 6.07) is 2.02. The van der Waals surface area contributed by atoms with E-state index in [4.69, 9.17) is 5.26 Å². The van der Waals surface area contributed by atoms with Crippen molar-refractivity contribution in [1.29, 1.82) is 5.26 Å². The lowest BCUT2D eigenvalue weighted by Crippen LogP contribution is -2.07. The summed E-state index contributed by atoms with van der Waals surface area (Å²) >= 11 is 0. The topological polar surface area (TPSA) is 48.2 Å². The number of hydrogen-bond donors (Lipinski definition) is 1. The highest BCUT2D eigenvalue weighted by atomic mass is 15.3. The van der Waals surface area contributed by atoms with Gasteiger partial charge < -0.3 is 5.43 Å². The quantitative estimate of drug-likeness (QED) is 0.360. The van der Waals surface area contributed by atoms with Crippen molar-refractivity contribution >= 4 is 6.21 Å². The van der Waals surface area contributed by atoms with Gasteiger partial charge in [-0.05, 0) is 5.92 Å². The van der Waals surface area contributed by atoms with E-state index in [1.807, 2.05) is 12.3 Å². The minimum atomic E-state index is 0.467. The molecule has 0 aliphatic heterocycles. The molecular weight excluding hydrogens is 126 g/mol. The Morgan fingerprint density at radius 1 is 1.70 bits per heavy atom. The third-order valence-corrected chi connectivity index (χ3v) is 0.813. The molecule has 3 heteroatoms. The molecule has 1 N–H and O–H groups in total. The predicted octanol–water partition coefficient (Wildman–Crippen LogP) is 1.13. The van der Waals surface area contributed by atoms with Crippen LogP contribution in [0, 0.1) is 17.2 Å². The lowest BCUT2D eigenvalue weighted by molar-refractivity contribution is 0.738. The fraction of sp³-hybridized carbons (Fsp3) is 0.714. The van der Waals surface area contributed by atoms with Crippen LogP contribution in [0.1, 0.15) is 20.3 Å². The van der Waals surface area contributed by atoms with Crippen molar-refractivity contribution in [2.75, 3.05) is 6.54 Å². The lowest BCUT2D eigenvalue weighted by atomic mass is 10.3. The van der Waals surface area contributed by atoms with Gasteiger partial charge >= 0.3 is 0 Å². The van der Waals surface area contributed by atoms with Crippen molar-refractivity contribution in [2.45, 2.75) is 20.3 Å². The molecule has 10 heavy (non-hydrogen) atoms. The minimum absolute atomic E-state index is 0.467. The Balaban J connectivity index is 3.12. The summed E-state index contributed by atoms with van der Waals surface area (Å²) in [7, 11) is 0. The van der Waals surface area contributed by atoms with E-state index in [9.17, 15) is 0 Å². The van der Waals surface area contributed by atoms with Crippen LogP contribution in [0.15, 0.2) is 5.10 Å². The van der Waals surface area contributed by atoms with E-state index in [-0.39, 0.29) is 0 Å². The van der Waals surface area contributed by atoms with Crippen LogP contribution >= 0.6 is 0 Å². The summed E-state index contributed by atoms with van der Waals surface area (Å²) in [6.07, 6.45) is 2.33. The predicted molar refractivity (Wildman–Crippen MR) is 41.6 cm³/mol. The maximum absolute atomic E-state index is 8.13. The van der Waals surface area contributed by atoms with E-state index in [0.717, 1.165) is 0 Å². The van der Waals surface area contributed by atoms with Crippen molar-refractivity contribution in [3.8, 4) is 6.07 Å². The van der Waals surface area contributed by atoms with Crippen LogP contribution in [0.5, 0.6) is 0 Å². The largest absolute Gasteiger partial charge is 0.309 e. The van der Waals surface area contributed by atoms with Crippen molar-refractivity contribution in [1.82, 2.24) is 5.43 Å². The fourth-order valence-corrected chi connectivity index (χ4v) is 0.378. The van der Waals surface area contributed by atoms with Gasteiger partial charge in [-0.3, -0.25) is 0 Å².